The Bertz CT molecular complexity index is 1260. The Kier molecular flexibility index (Phi) is 4.75. The molecule has 0 radical (unpaired) electrons. The van der Waals surface area contributed by atoms with E-state index in [0.29, 0.717) is 40.8 Å². The summed E-state index contributed by atoms with van der Waals surface area (Å²) in [6.45, 7) is 3.95. The van der Waals surface area contributed by atoms with Crippen LogP contribution in [0.3, 0.4) is 0 Å². The minimum atomic E-state index is -2.80. The van der Waals surface area contributed by atoms with Crippen LogP contribution in [0.15, 0.2) is 42.6 Å². The van der Waals surface area contributed by atoms with Crippen LogP contribution in [-0.4, -0.2) is 48.3 Å². The minimum Gasteiger partial charge on any atom is -0.370 e. The maximum absolute atomic E-state index is 12.9. The molecule has 4 heterocycles. The SMILES string of the molecule is CCc1nc2ccc(Cl)cn2c1C(=O)NCc1ccc(N2CC3(C2)CS(=O)(=O)C3)cc1. The fraction of sp³-hybridized carbons (Fsp3) is 0.364. The van der Waals surface area contributed by atoms with E-state index in [1.54, 1.807) is 22.7 Å². The molecule has 0 bridgehead atoms. The molecule has 0 saturated carbocycles. The Balaban J connectivity index is 1.23. The van der Waals surface area contributed by atoms with E-state index in [0.717, 1.165) is 30.0 Å². The van der Waals surface area contributed by atoms with Crippen molar-refractivity contribution in [3.63, 3.8) is 0 Å². The van der Waals surface area contributed by atoms with Gasteiger partial charge in [-0.1, -0.05) is 30.7 Å². The zero-order valence-corrected chi connectivity index (χ0v) is 18.7. The van der Waals surface area contributed by atoms with Crippen LogP contribution in [0, 0.1) is 5.41 Å². The van der Waals surface area contributed by atoms with Gasteiger partial charge in [0.2, 0.25) is 0 Å². The fourth-order valence-electron chi connectivity index (χ4n) is 4.66. The molecule has 2 saturated heterocycles. The molecule has 2 aliphatic rings. The lowest BCUT2D eigenvalue weighted by Crippen LogP contribution is -2.68. The van der Waals surface area contributed by atoms with Crippen LogP contribution in [0.1, 0.15) is 28.7 Å². The Morgan fingerprint density at radius 3 is 2.52 bits per heavy atom. The molecule has 0 aliphatic carbocycles. The standard InChI is InChI=1S/C22H23ClN4O3S/c1-2-18-20(27-10-16(23)5-8-19(27)25-18)21(28)24-9-15-3-6-17(7-4-15)26-11-22(12-26)13-31(29,30)14-22/h3-8,10H,2,9,11-14H2,1H3,(H,24,28). The van der Waals surface area contributed by atoms with E-state index in [1.165, 1.54) is 0 Å². The summed E-state index contributed by atoms with van der Waals surface area (Å²) in [5.41, 5.74) is 3.98. The van der Waals surface area contributed by atoms with Crippen LogP contribution in [0.4, 0.5) is 5.69 Å². The summed E-state index contributed by atoms with van der Waals surface area (Å²) in [7, 11) is -2.80. The number of benzene rings is 1. The minimum absolute atomic E-state index is 0.0284. The number of hydrogen-bond acceptors (Lipinski definition) is 5. The molecule has 7 nitrogen and oxygen atoms in total. The number of fused-ring (bicyclic) bond motifs is 1. The van der Waals surface area contributed by atoms with Crippen LogP contribution >= 0.6 is 11.6 Å². The van der Waals surface area contributed by atoms with Crippen molar-refractivity contribution in [2.75, 3.05) is 29.5 Å². The highest BCUT2D eigenvalue weighted by atomic mass is 35.5. The van der Waals surface area contributed by atoms with Gasteiger partial charge in [0.05, 0.1) is 22.2 Å². The lowest BCUT2D eigenvalue weighted by Gasteiger charge is -2.55. The van der Waals surface area contributed by atoms with Gasteiger partial charge in [-0.05, 0) is 36.2 Å². The average molecular weight is 459 g/mol. The molecule has 5 rings (SSSR count). The largest absolute Gasteiger partial charge is 0.370 e. The van der Waals surface area contributed by atoms with Crippen LogP contribution in [-0.2, 0) is 22.8 Å². The van der Waals surface area contributed by atoms with Crippen LogP contribution in [0.25, 0.3) is 5.65 Å². The molecule has 2 aliphatic heterocycles. The summed E-state index contributed by atoms with van der Waals surface area (Å²) in [5, 5.41) is 3.53. The first kappa shape index (κ1) is 20.3. The van der Waals surface area contributed by atoms with Gasteiger partial charge in [0, 0.05) is 36.9 Å². The number of nitrogens with one attached hydrogen (secondary N) is 1. The van der Waals surface area contributed by atoms with E-state index in [1.807, 2.05) is 31.2 Å². The van der Waals surface area contributed by atoms with E-state index in [9.17, 15) is 13.2 Å². The molecule has 1 N–H and O–H groups in total. The smallest absolute Gasteiger partial charge is 0.270 e. The van der Waals surface area contributed by atoms with Crippen molar-refractivity contribution in [2.24, 2.45) is 5.41 Å². The number of hydrogen-bond donors (Lipinski definition) is 1. The van der Waals surface area contributed by atoms with E-state index in [2.05, 4.69) is 15.2 Å². The molecule has 0 atom stereocenters. The van der Waals surface area contributed by atoms with E-state index >= 15 is 0 Å². The topological polar surface area (TPSA) is 83.8 Å². The van der Waals surface area contributed by atoms with Gasteiger partial charge in [-0.15, -0.1) is 0 Å². The third kappa shape index (κ3) is 3.68. The van der Waals surface area contributed by atoms with Crippen molar-refractivity contribution in [1.29, 1.82) is 0 Å². The maximum atomic E-state index is 12.9. The molecule has 2 aromatic heterocycles. The number of amides is 1. The highest BCUT2D eigenvalue weighted by Crippen LogP contribution is 2.43. The van der Waals surface area contributed by atoms with E-state index in [4.69, 9.17) is 11.6 Å². The third-order valence-electron chi connectivity index (χ3n) is 6.06. The summed E-state index contributed by atoms with van der Waals surface area (Å²) in [6, 6.07) is 11.6. The molecule has 1 aromatic carbocycles. The first-order chi connectivity index (χ1) is 14.8. The Labute approximate surface area is 185 Å². The van der Waals surface area contributed by atoms with Gasteiger partial charge < -0.3 is 10.2 Å². The molecule has 9 heteroatoms. The van der Waals surface area contributed by atoms with Crippen molar-refractivity contribution in [3.8, 4) is 0 Å². The Morgan fingerprint density at radius 2 is 1.87 bits per heavy atom. The Hall–Kier alpha value is -2.58. The highest BCUT2D eigenvalue weighted by molar-refractivity contribution is 7.92. The summed E-state index contributed by atoms with van der Waals surface area (Å²) in [5.74, 6) is 0.440. The van der Waals surface area contributed by atoms with Crippen LogP contribution in [0.2, 0.25) is 5.02 Å². The summed E-state index contributed by atoms with van der Waals surface area (Å²) in [4.78, 5) is 19.6. The second-order valence-corrected chi connectivity index (χ2v) is 11.1. The molecule has 162 valence electrons. The number of rotatable bonds is 5. The zero-order valence-electron chi connectivity index (χ0n) is 17.1. The number of anilines is 1. The summed E-state index contributed by atoms with van der Waals surface area (Å²) < 4.78 is 24.7. The first-order valence-corrected chi connectivity index (χ1v) is 12.5. The molecule has 31 heavy (non-hydrogen) atoms. The molecule has 1 spiro atoms. The van der Waals surface area contributed by atoms with Gasteiger partial charge >= 0.3 is 0 Å². The number of sulfone groups is 1. The number of pyridine rings is 1. The third-order valence-corrected chi connectivity index (χ3v) is 8.39. The van der Waals surface area contributed by atoms with Crippen molar-refractivity contribution < 1.29 is 13.2 Å². The summed E-state index contributed by atoms with van der Waals surface area (Å²) >= 11 is 6.11. The second-order valence-electron chi connectivity index (χ2n) is 8.57. The van der Waals surface area contributed by atoms with Gasteiger partial charge in [0.15, 0.2) is 9.84 Å². The summed E-state index contributed by atoms with van der Waals surface area (Å²) in [6.07, 6.45) is 2.36. The number of aromatic nitrogens is 2. The number of nitrogens with zero attached hydrogens (tertiary/aromatic N) is 3. The van der Waals surface area contributed by atoms with Gasteiger partial charge in [0.25, 0.3) is 5.91 Å². The van der Waals surface area contributed by atoms with Crippen molar-refractivity contribution in [3.05, 3.63) is 64.6 Å². The first-order valence-electron chi connectivity index (χ1n) is 10.3. The van der Waals surface area contributed by atoms with Gasteiger partial charge in [-0.2, -0.15) is 0 Å². The molecular weight excluding hydrogens is 436 g/mol. The second kappa shape index (κ2) is 7.24. The number of carbonyl (C=O) groups is 1. The molecule has 3 aromatic rings. The number of halogens is 1. The van der Waals surface area contributed by atoms with E-state index in [-0.39, 0.29) is 11.3 Å². The van der Waals surface area contributed by atoms with Gasteiger partial charge in [-0.25, -0.2) is 13.4 Å². The quantitative estimate of drug-likeness (QED) is 0.635. The fourth-order valence-corrected chi connectivity index (χ4v) is 6.97. The van der Waals surface area contributed by atoms with Crippen molar-refractivity contribution in [2.45, 2.75) is 19.9 Å². The predicted octanol–water partition coefficient (Wildman–Crippen LogP) is 2.71. The van der Waals surface area contributed by atoms with Gasteiger partial charge in [0.1, 0.15) is 11.3 Å². The normalized spacial score (nSPS) is 18.6. The van der Waals surface area contributed by atoms with Crippen LogP contribution < -0.4 is 10.2 Å². The monoisotopic (exact) mass is 458 g/mol. The number of aryl methyl sites for hydroxylation is 1. The predicted molar refractivity (Wildman–Crippen MR) is 120 cm³/mol. The highest BCUT2D eigenvalue weighted by Gasteiger charge is 2.55. The Morgan fingerprint density at radius 1 is 1.16 bits per heavy atom. The van der Waals surface area contributed by atoms with E-state index < -0.39 is 9.84 Å². The number of imidazole rings is 1. The molecule has 1 amide bonds. The number of carbonyl (C=O) groups excluding carboxylic acids is 1. The molecule has 2 fully saturated rings. The van der Waals surface area contributed by atoms with Crippen molar-refractivity contribution in [1.82, 2.24) is 14.7 Å². The van der Waals surface area contributed by atoms with Crippen LogP contribution in [0.5, 0.6) is 0 Å². The van der Waals surface area contributed by atoms with Crippen molar-refractivity contribution >= 4 is 38.7 Å². The average Bonchev–Trinajstić information content (AvgIpc) is 3.06. The molecule has 0 unspecified atom stereocenters. The molecular formula is C22H23ClN4O3S. The zero-order chi connectivity index (χ0) is 21.8. The lowest BCUT2D eigenvalue weighted by atomic mass is 9.82. The maximum Gasteiger partial charge on any atom is 0.270 e. The lowest BCUT2D eigenvalue weighted by molar-refractivity contribution is 0.0944. The van der Waals surface area contributed by atoms with Gasteiger partial charge in [-0.3, -0.25) is 9.20 Å².